The SMILES string of the molecule is Nc1nc(SCCC(=O)Nc2ccccc2)n[nH]1. The third-order valence-electron chi connectivity index (χ3n) is 2.10. The Balaban J connectivity index is 1.72. The van der Waals surface area contributed by atoms with Gasteiger partial charge >= 0.3 is 0 Å². The molecule has 1 aromatic carbocycles. The van der Waals surface area contributed by atoms with Gasteiger partial charge in [0.25, 0.3) is 0 Å². The van der Waals surface area contributed by atoms with Gasteiger partial charge in [0.2, 0.25) is 17.0 Å². The van der Waals surface area contributed by atoms with Gasteiger partial charge in [-0.05, 0) is 12.1 Å². The Morgan fingerprint density at radius 3 is 2.83 bits per heavy atom. The average Bonchev–Trinajstić information content (AvgIpc) is 2.76. The van der Waals surface area contributed by atoms with Crippen molar-refractivity contribution in [2.75, 3.05) is 16.8 Å². The van der Waals surface area contributed by atoms with E-state index >= 15 is 0 Å². The maximum absolute atomic E-state index is 11.6. The standard InChI is InChI=1S/C11H13N5OS/c12-10-14-11(16-15-10)18-7-6-9(17)13-8-4-2-1-3-5-8/h1-5H,6-7H2,(H,13,17)(H3,12,14,15,16). The second-order valence-electron chi connectivity index (χ2n) is 3.52. The fraction of sp³-hybridized carbons (Fsp3) is 0.182. The lowest BCUT2D eigenvalue weighted by molar-refractivity contribution is -0.115. The molecule has 7 heteroatoms. The van der Waals surface area contributed by atoms with Gasteiger partial charge in [-0.3, -0.25) is 4.79 Å². The Labute approximate surface area is 108 Å². The lowest BCUT2D eigenvalue weighted by atomic mass is 10.3. The molecular weight excluding hydrogens is 250 g/mol. The molecule has 6 nitrogen and oxygen atoms in total. The molecule has 0 bridgehead atoms. The molecule has 2 aromatic rings. The molecule has 0 radical (unpaired) electrons. The zero-order valence-corrected chi connectivity index (χ0v) is 10.4. The molecule has 2 rings (SSSR count). The number of hydrogen-bond acceptors (Lipinski definition) is 5. The van der Waals surface area contributed by atoms with Crippen LogP contribution in [0.5, 0.6) is 0 Å². The molecule has 4 N–H and O–H groups in total. The molecule has 0 aliphatic heterocycles. The highest BCUT2D eigenvalue weighted by Crippen LogP contribution is 2.14. The van der Waals surface area contributed by atoms with Crippen LogP contribution in [0, 0.1) is 0 Å². The van der Waals surface area contributed by atoms with Crippen LogP contribution in [0.2, 0.25) is 0 Å². The molecule has 0 saturated carbocycles. The highest BCUT2D eigenvalue weighted by Gasteiger charge is 2.05. The van der Waals surface area contributed by atoms with Crippen molar-refractivity contribution in [3.63, 3.8) is 0 Å². The van der Waals surface area contributed by atoms with Crippen LogP contribution >= 0.6 is 11.8 Å². The van der Waals surface area contributed by atoms with Crippen molar-refractivity contribution in [2.45, 2.75) is 11.6 Å². The Morgan fingerprint density at radius 1 is 1.39 bits per heavy atom. The van der Waals surface area contributed by atoms with Gasteiger partial charge in [-0.2, -0.15) is 4.98 Å². The van der Waals surface area contributed by atoms with Crippen LogP contribution in [0.1, 0.15) is 6.42 Å². The summed E-state index contributed by atoms with van der Waals surface area (Å²) in [5, 5.41) is 9.77. The van der Waals surface area contributed by atoms with Crippen LogP contribution in [-0.2, 0) is 4.79 Å². The first-order chi connectivity index (χ1) is 8.74. The van der Waals surface area contributed by atoms with Crippen molar-refractivity contribution in [1.82, 2.24) is 15.2 Å². The molecule has 0 aliphatic carbocycles. The van der Waals surface area contributed by atoms with Crippen LogP contribution in [0.4, 0.5) is 11.6 Å². The van der Waals surface area contributed by atoms with Crippen molar-refractivity contribution in [3.05, 3.63) is 30.3 Å². The predicted molar refractivity (Wildman–Crippen MR) is 71.2 cm³/mol. The smallest absolute Gasteiger partial charge is 0.225 e. The zero-order chi connectivity index (χ0) is 12.8. The first kappa shape index (κ1) is 12.4. The van der Waals surface area contributed by atoms with Gasteiger partial charge in [0.15, 0.2) is 0 Å². The van der Waals surface area contributed by atoms with Crippen LogP contribution in [0.25, 0.3) is 0 Å². The Hall–Kier alpha value is -2.02. The molecule has 0 unspecified atom stereocenters. The highest BCUT2D eigenvalue weighted by molar-refractivity contribution is 7.99. The first-order valence-corrected chi connectivity index (χ1v) is 6.38. The fourth-order valence-electron chi connectivity index (χ4n) is 1.30. The van der Waals surface area contributed by atoms with E-state index in [1.165, 1.54) is 11.8 Å². The van der Waals surface area contributed by atoms with Crippen molar-refractivity contribution in [1.29, 1.82) is 0 Å². The van der Waals surface area contributed by atoms with E-state index in [9.17, 15) is 4.79 Å². The molecule has 0 fully saturated rings. The van der Waals surface area contributed by atoms with E-state index in [2.05, 4.69) is 20.5 Å². The molecule has 0 atom stereocenters. The number of nitrogens with zero attached hydrogens (tertiary/aromatic N) is 2. The minimum atomic E-state index is -0.0304. The van der Waals surface area contributed by atoms with E-state index in [0.717, 1.165) is 5.69 Å². The molecule has 1 heterocycles. The molecule has 1 aromatic heterocycles. The number of nitrogen functional groups attached to an aromatic ring is 1. The van der Waals surface area contributed by atoms with Crippen molar-refractivity contribution < 1.29 is 4.79 Å². The molecule has 0 spiro atoms. The number of carbonyl (C=O) groups excluding carboxylic acids is 1. The molecule has 18 heavy (non-hydrogen) atoms. The number of amides is 1. The maximum Gasteiger partial charge on any atom is 0.225 e. The van der Waals surface area contributed by atoms with Gasteiger partial charge in [0, 0.05) is 17.9 Å². The molecular formula is C11H13N5OS. The predicted octanol–water partition coefficient (Wildman–Crippen LogP) is 1.51. The molecule has 0 saturated heterocycles. The third kappa shape index (κ3) is 3.77. The van der Waals surface area contributed by atoms with Crippen molar-refractivity contribution in [3.8, 4) is 0 Å². The summed E-state index contributed by atoms with van der Waals surface area (Å²) in [5.41, 5.74) is 6.19. The number of nitrogens with one attached hydrogen (secondary N) is 2. The largest absolute Gasteiger partial charge is 0.368 e. The van der Waals surface area contributed by atoms with E-state index in [1.54, 1.807) is 0 Å². The summed E-state index contributed by atoms with van der Waals surface area (Å²) in [6.45, 7) is 0. The molecule has 94 valence electrons. The second-order valence-corrected chi connectivity index (χ2v) is 4.58. The maximum atomic E-state index is 11.6. The number of hydrogen-bond donors (Lipinski definition) is 3. The van der Waals surface area contributed by atoms with Gasteiger partial charge in [0.05, 0.1) is 0 Å². The summed E-state index contributed by atoms with van der Waals surface area (Å²) < 4.78 is 0. The number of rotatable bonds is 5. The monoisotopic (exact) mass is 263 g/mol. The van der Waals surface area contributed by atoms with E-state index in [1.807, 2.05) is 30.3 Å². The van der Waals surface area contributed by atoms with Crippen molar-refractivity contribution >= 4 is 29.3 Å². The number of nitrogens with two attached hydrogens (primary N) is 1. The first-order valence-electron chi connectivity index (χ1n) is 5.39. The van der Waals surface area contributed by atoms with Gasteiger partial charge in [-0.25, -0.2) is 5.10 Å². The average molecular weight is 263 g/mol. The minimum Gasteiger partial charge on any atom is -0.368 e. The summed E-state index contributed by atoms with van der Waals surface area (Å²) in [6, 6.07) is 9.35. The topological polar surface area (TPSA) is 96.7 Å². The number of aromatic nitrogens is 3. The van der Waals surface area contributed by atoms with Gasteiger partial charge in [-0.15, -0.1) is 5.10 Å². The third-order valence-corrected chi connectivity index (χ3v) is 2.95. The molecule has 1 amide bonds. The lowest BCUT2D eigenvalue weighted by Gasteiger charge is -2.03. The number of thioether (sulfide) groups is 1. The summed E-state index contributed by atoms with van der Waals surface area (Å²) in [4.78, 5) is 15.5. The van der Waals surface area contributed by atoms with Gasteiger partial charge in [-0.1, -0.05) is 30.0 Å². The number of para-hydroxylation sites is 1. The normalized spacial score (nSPS) is 10.2. The Bertz CT molecular complexity index is 513. The number of benzene rings is 1. The fourth-order valence-corrected chi connectivity index (χ4v) is 2.05. The van der Waals surface area contributed by atoms with E-state index in [4.69, 9.17) is 5.73 Å². The van der Waals surface area contributed by atoms with E-state index < -0.39 is 0 Å². The van der Waals surface area contributed by atoms with Crippen LogP contribution < -0.4 is 11.1 Å². The second kappa shape index (κ2) is 6.06. The number of carbonyl (C=O) groups is 1. The Morgan fingerprint density at radius 2 is 2.17 bits per heavy atom. The van der Waals surface area contributed by atoms with E-state index in [-0.39, 0.29) is 11.9 Å². The van der Waals surface area contributed by atoms with E-state index in [0.29, 0.717) is 17.3 Å². The minimum absolute atomic E-state index is 0.0304. The van der Waals surface area contributed by atoms with Crippen LogP contribution in [-0.4, -0.2) is 26.8 Å². The Kier molecular flexibility index (Phi) is 4.19. The summed E-state index contributed by atoms with van der Waals surface area (Å²) in [6.07, 6.45) is 0.397. The summed E-state index contributed by atoms with van der Waals surface area (Å²) in [5.74, 6) is 0.860. The van der Waals surface area contributed by atoms with Crippen molar-refractivity contribution in [2.24, 2.45) is 0 Å². The number of aromatic amines is 1. The lowest BCUT2D eigenvalue weighted by Crippen LogP contribution is -2.11. The van der Waals surface area contributed by atoms with Gasteiger partial charge in [0.1, 0.15) is 0 Å². The highest BCUT2D eigenvalue weighted by atomic mass is 32.2. The summed E-state index contributed by atoms with van der Waals surface area (Å²) in [7, 11) is 0. The quantitative estimate of drug-likeness (QED) is 0.710. The van der Waals surface area contributed by atoms with Crippen LogP contribution in [0.15, 0.2) is 35.5 Å². The van der Waals surface area contributed by atoms with Crippen LogP contribution in [0.3, 0.4) is 0 Å². The van der Waals surface area contributed by atoms with Gasteiger partial charge < -0.3 is 11.1 Å². The number of anilines is 2. The summed E-state index contributed by atoms with van der Waals surface area (Å²) >= 11 is 1.39. The molecule has 0 aliphatic rings. The number of H-pyrrole nitrogens is 1. The zero-order valence-electron chi connectivity index (χ0n) is 9.59.